The lowest BCUT2D eigenvalue weighted by molar-refractivity contribution is -0.134. The van der Waals surface area contributed by atoms with E-state index in [1.807, 2.05) is 4.90 Å². The van der Waals surface area contributed by atoms with Gasteiger partial charge in [-0.3, -0.25) is 9.79 Å². The van der Waals surface area contributed by atoms with Crippen LogP contribution in [-0.4, -0.2) is 61.7 Å². The zero-order chi connectivity index (χ0) is 19.3. The number of guanidine groups is 1. The van der Waals surface area contributed by atoms with Crippen molar-refractivity contribution in [2.75, 3.05) is 32.8 Å². The Morgan fingerprint density at radius 1 is 1.11 bits per heavy atom. The fourth-order valence-electron chi connectivity index (χ4n) is 3.98. The maximum absolute atomic E-state index is 12.4. The molecule has 1 atom stereocenters. The molecule has 156 valence electrons. The van der Waals surface area contributed by atoms with E-state index in [9.17, 15) is 4.79 Å². The summed E-state index contributed by atoms with van der Waals surface area (Å²) in [6, 6.07) is 0.386. The van der Waals surface area contributed by atoms with Crippen molar-refractivity contribution in [3.8, 4) is 0 Å². The fraction of sp³-hybridized carbons (Fsp3) is 0.905. The first-order valence-corrected chi connectivity index (χ1v) is 11.1. The smallest absolute Gasteiger partial charge is 0.224 e. The third kappa shape index (κ3) is 8.50. The second-order valence-corrected chi connectivity index (χ2v) is 7.85. The molecule has 1 unspecified atom stereocenters. The number of piperidine rings is 1. The Balaban J connectivity index is 1.61. The third-order valence-electron chi connectivity index (χ3n) is 5.58. The zero-order valence-corrected chi connectivity index (χ0v) is 17.5. The number of ether oxygens (including phenoxy) is 1. The first-order chi connectivity index (χ1) is 13.2. The number of hydrogen-bond donors (Lipinski definition) is 2. The van der Waals surface area contributed by atoms with Crippen LogP contribution >= 0.6 is 0 Å². The number of amides is 1. The van der Waals surface area contributed by atoms with Gasteiger partial charge in [0.15, 0.2) is 5.96 Å². The second kappa shape index (κ2) is 13.0. The summed E-state index contributed by atoms with van der Waals surface area (Å²) in [5.41, 5.74) is 0. The van der Waals surface area contributed by atoms with Crippen LogP contribution in [0.2, 0.25) is 0 Å². The molecule has 1 heterocycles. The van der Waals surface area contributed by atoms with Crippen LogP contribution in [0.4, 0.5) is 0 Å². The van der Waals surface area contributed by atoms with Crippen LogP contribution in [0.5, 0.6) is 0 Å². The van der Waals surface area contributed by atoms with Crippen molar-refractivity contribution >= 4 is 11.9 Å². The molecule has 2 rings (SSSR count). The molecule has 2 aliphatic rings. The largest absolute Gasteiger partial charge is 0.378 e. The first kappa shape index (κ1) is 22.0. The predicted molar refractivity (Wildman–Crippen MR) is 111 cm³/mol. The Morgan fingerprint density at radius 3 is 2.63 bits per heavy atom. The van der Waals surface area contributed by atoms with Gasteiger partial charge in [0.2, 0.25) is 5.91 Å². The summed E-state index contributed by atoms with van der Waals surface area (Å²) in [4.78, 5) is 19.1. The van der Waals surface area contributed by atoms with Gasteiger partial charge in [-0.05, 0) is 52.4 Å². The predicted octanol–water partition coefficient (Wildman–Crippen LogP) is 3.07. The highest BCUT2D eigenvalue weighted by Crippen LogP contribution is 2.20. The van der Waals surface area contributed by atoms with Crippen molar-refractivity contribution in [1.82, 2.24) is 15.5 Å². The minimum absolute atomic E-state index is 0.256. The van der Waals surface area contributed by atoms with E-state index in [0.29, 0.717) is 25.1 Å². The SMILES string of the molecule is CCNC(=NCCCOC1CCCCC1)NCCC(=O)N1CCCCC1C. The number of aliphatic imine (C=N–C) groups is 1. The van der Waals surface area contributed by atoms with E-state index in [1.165, 1.54) is 38.5 Å². The Labute approximate surface area is 165 Å². The maximum Gasteiger partial charge on any atom is 0.224 e. The molecule has 1 aliphatic heterocycles. The van der Waals surface area contributed by atoms with E-state index in [1.54, 1.807) is 0 Å². The normalized spacial score (nSPS) is 21.9. The lowest BCUT2D eigenvalue weighted by Crippen LogP contribution is -2.44. The Morgan fingerprint density at radius 2 is 1.89 bits per heavy atom. The van der Waals surface area contributed by atoms with Gasteiger partial charge < -0.3 is 20.3 Å². The molecule has 0 radical (unpaired) electrons. The van der Waals surface area contributed by atoms with Crippen LogP contribution in [-0.2, 0) is 9.53 Å². The molecule has 1 aliphatic carbocycles. The van der Waals surface area contributed by atoms with E-state index in [0.717, 1.165) is 51.5 Å². The number of likely N-dealkylation sites (tertiary alicyclic amines) is 1. The average molecular weight is 381 g/mol. The maximum atomic E-state index is 12.4. The highest BCUT2D eigenvalue weighted by atomic mass is 16.5. The van der Waals surface area contributed by atoms with Crippen LogP contribution in [0, 0.1) is 0 Å². The molecule has 27 heavy (non-hydrogen) atoms. The minimum atomic E-state index is 0.256. The summed E-state index contributed by atoms with van der Waals surface area (Å²) in [6.07, 6.45) is 11.9. The van der Waals surface area contributed by atoms with Gasteiger partial charge in [-0.15, -0.1) is 0 Å². The van der Waals surface area contributed by atoms with Crippen molar-refractivity contribution in [2.24, 2.45) is 4.99 Å². The standard InChI is InChI=1S/C21H40N4O2/c1-3-22-21(23-14-9-17-27-19-11-5-4-6-12-19)24-15-13-20(26)25-16-8-7-10-18(25)2/h18-19H,3-17H2,1-2H3,(H2,22,23,24). The van der Waals surface area contributed by atoms with Crippen molar-refractivity contribution in [3.63, 3.8) is 0 Å². The molecule has 2 fully saturated rings. The second-order valence-electron chi connectivity index (χ2n) is 7.85. The van der Waals surface area contributed by atoms with Crippen LogP contribution < -0.4 is 10.6 Å². The van der Waals surface area contributed by atoms with Crippen molar-refractivity contribution in [2.45, 2.75) is 90.2 Å². The molecule has 0 aromatic rings. The summed E-state index contributed by atoms with van der Waals surface area (Å²) >= 11 is 0. The van der Waals surface area contributed by atoms with Gasteiger partial charge in [-0.2, -0.15) is 0 Å². The Hall–Kier alpha value is -1.30. The van der Waals surface area contributed by atoms with Gasteiger partial charge >= 0.3 is 0 Å². The molecule has 0 bridgehead atoms. The van der Waals surface area contributed by atoms with Crippen molar-refractivity contribution in [1.29, 1.82) is 0 Å². The molecule has 1 amide bonds. The molecule has 1 saturated carbocycles. The highest BCUT2D eigenvalue weighted by Gasteiger charge is 2.22. The van der Waals surface area contributed by atoms with E-state index in [-0.39, 0.29) is 5.91 Å². The first-order valence-electron chi connectivity index (χ1n) is 11.1. The molecule has 6 nitrogen and oxygen atoms in total. The fourth-order valence-corrected chi connectivity index (χ4v) is 3.98. The highest BCUT2D eigenvalue weighted by molar-refractivity contribution is 5.81. The monoisotopic (exact) mass is 380 g/mol. The quantitative estimate of drug-likeness (QED) is 0.366. The molecule has 6 heteroatoms. The summed E-state index contributed by atoms with van der Waals surface area (Å²) < 4.78 is 5.95. The van der Waals surface area contributed by atoms with E-state index >= 15 is 0 Å². The average Bonchev–Trinajstić information content (AvgIpc) is 2.68. The summed E-state index contributed by atoms with van der Waals surface area (Å²) in [5.74, 6) is 1.06. The molecule has 0 spiro atoms. The van der Waals surface area contributed by atoms with Crippen LogP contribution in [0.25, 0.3) is 0 Å². The molecule has 2 N–H and O–H groups in total. The van der Waals surface area contributed by atoms with Crippen LogP contribution in [0.3, 0.4) is 0 Å². The van der Waals surface area contributed by atoms with Gasteiger partial charge in [-0.1, -0.05) is 19.3 Å². The molecular formula is C21H40N4O2. The van der Waals surface area contributed by atoms with Gasteiger partial charge in [0, 0.05) is 45.2 Å². The number of nitrogens with one attached hydrogen (secondary N) is 2. The summed E-state index contributed by atoms with van der Waals surface area (Å²) in [5, 5.41) is 6.55. The van der Waals surface area contributed by atoms with E-state index in [2.05, 4.69) is 29.5 Å². The number of hydrogen-bond acceptors (Lipinski definition) is 3. The number of carbonyl (C=O) groups is 1. The Bertz CT molecular complexity index is 449. The number of rotatable bonds is 9. The van der Waals surface area contributed by atoms with Gasteiger partial charge in [0.1, 0.15) is 0 Å². The third-order valence-corrected chi connectivity index (χ3v) is 5.58. The van der Waals surface area contributed by atoms with E-state index < -0.39 is 0 Å². The number of nitrogens with zero attached hydrogens (tertiary/aromatic N) is 2. The summed E-state index contributed by atoms with van der Waals surface area (Å²) in [6.45, 7) is 8.12. The topological polar surface area (TPSA) is 66.0 Å². The van der Waals surface area contributed by atoms with Crippen molar-refractivity contribution in [3.05, 3.63) is 0 Å². The van der Waals surface area contributed by atoms with Gasteiger partial charge in [-0.25, -0.2) is 0 Å². The molecular weight excluding hydrogens is 340 g/mol. The lowest BCUT2D eigenvalue weighted by Gasteiger charge is -2.33. The van der Waals surface area contributed by atoms with E-state index in [4.69, 9.17) is 4.74 Å². The lowest BCUT2D eigenvalue weighted by atomic mass is 9.98. The molecule has 1 saturated heterocycles. The van der Waals surface area contributed by atoms with Gasteiger partial charge in [0.05, 0.1) is 6.10 Å². The van der Waals surface area contributed by atoms with Crippen molar-refractivity contribution < 1.29 is 9.53 Å². The van der Waals surface area contributed by atoms with Crippen LogP contribution in [0.15, 0.2) is 4.99 Å². The molecule has 0 aromatic heterocycles. The molecule has 0 aromatic carbocycles. The van der Waals surface area contributed by atoms with Gasteiger partial charge in [0.25, 0.3) is 0 Å². The number of carbonyl (C=O) groups excluding carboxylic acids is 1. The summed E-state index contributed by atoms with van der Waals surface area (Å²) in [7, 11) is 0. The van der Waals surface area contributed by atoms with Crippen LogP contribution in [0.1, 0.15) is 78.1 Å². The minimum Gasteiger partial charge on any atom is -0.378 e. The Kier molecular flexibility index (Phi) is 10.6. The zero-order valence-electron chi connectivity index (χ0n) is 17.5.